The van der Waals surface area contributed by atoms with Gasteiger partial charge in [-0.1, -0.05) is 48.5 Å². The number of piperazine rings is 1. The molecule has 5 aromatic rings. The van der Waals surface area contributed by atoms with Gasteiger partial charge < -0.3 is 25.0 Å². The first-order valence-electron chi connectivity index (χ1n) is 14.6. The number of aromatic amines is 1. The Balaban J connectivity index is 1.12. The first kappa shape index (κ1) is 26.9. The van der Waals surface area contributed by atoms with Crippen LogP contribution in [0.15, 0.2) is 79.1 Å². The number of fused-ring (bicyclic) bond motifs is 2. The number of rotatable bonds is 4. The van der Waals surface area contributed by atoms with Crippen LogP contribution in [-0.4, -0.2) is 74.8 Å². The van der Waals surface area contributed by atoms with E-state index < -0.39 is 0 Å². The molecule has 0 saturated carbocycles. The Kier molecular flexibility index (Phi) is 6.87. The lowest BCUT2D eigenvalue weighted by Crippen LogP contribution is -2.47. The summed E-state index contributed by atoms with van der Waals surface area (Å²) in [5.41, 5.74) is 9.04. The number of aromatic nitrogens is 3. The molecule has 3 amide bonds. The van der Waals surface area contributed by atoms with E-state index in [2.05, 4.69) is 44.3 Å². The molecule has 0 atom stereocenters. The molecule has 9 nitrogen and oxygen atoms in total. The Morgan fingerprint density at radius 2 is 1.56 bits per heavy atom. The van der Waals surface area contributed by atoms with Crippen molar-refractivity contribution in [3.63, 3.8) is 0 Å². The summed E-state index contributed by atoms with van der Waals surface area (Å²) in [5, 5.41) is 4.00. The Labute approximate surface area is 250 Å². The van der Waals surface area contributed by atoms with E-state index in [0.717, 1.165) is 71.0 Å². The maximum absolute atomic E-state index is 13.2. The molecule has 0 bridgehead atoms. The average molecular weight is 572 g/mol. The van der Waals surface area contributed by atoms with Crippen LogP contribution >= 0.6 is 0 Å². The summed E-state index contributed by atoms with van der Waals surface area (Å²) in [6.45, 7) is 6.49. The lowest BCUT2D eigenvalue weighted by molar-refractivity contribution is 0.0664. The highest BCUT2D eigenvalue weighted by atomic mass is 16.2. The zero-order valence-corrected chi connectivity index (χ0v) is 24.3. The number of urea groups is 1. The molecule has 0 unspecified atom stereocenters. The fourth-order valence-corrected chi connectivity index (χ4v) is 5.99. The Morgan fingerprint density at radius 1 is 0.837 bits per heavy atom. The first-order chi connectivity index (χ1) is 20.9. The average Bonchev–Trinajstić information content (AvgIpc) is 3.67. The Bertz CT molecular complexity index is 1810. The van der Waals surface area contributed by atoms with Crippen molar-refractivity contribution in [2.75, 3.05) is 38.5 Å². The van der Waals surface area contributed by atoms with Gasteiger partial charge in [0.15, 0.2) is 0 Å². The third-order valence-corrected chi connectivity index (χ3v) is 8.62. The number of carbonyl (C=O) groups is 2. The lowest BCUT2D eigenvalue weighted by atomic mass is 10.0. The van der Waals surface area contributed by atoms with Crippen LogP contribution < -0.4 is 5.32 Å². The van der Waals surface area contributed by atoms with E-state index in [4.69, 9.17) is 0 Å². The molecular weight excluding hydrogens is 538 g/mol. The summed E-state index contributed by atoms with van der Waals surface area (Å²) in [6, 6.07) is 23.7. The van der Waals surface area contributed by atoms with Gasteiger partial charge in [-0.3, -0.25) is 4.79 Å². The largest absolute Gasteiger partial charge is 0.339 e. The molecule has 0 spiro atoms. The van der Waals surface area contributed by atoms with E-state index in [0.29, 0.717) is 18.7 Å². The summed E-state index contributed by atoms with van der Waals surface area (Å²) in [4.78, 5) is 44.7. The zero-order valence-electron chi connectivity index (χ0n) is 24.3. The Morgan fingerprint density at radius 3 is 2.28 bits per heavy atom. The molecule has 43 heavy (non-hydrogen) atoms. The zero-order chi connectivity index (χ0) is 29.5. The molecule has 3 aromatic carbocycles. The number of nitrogens with one attached hydrogen (secondary N) is 2. The van der Waals surface area contributed by atoms with Crippen molar-refractivity contribution in [3.8, 4) is 22.5 Å². The number of hydrogen-bond donors (Lipinski definition) is 2. The number of benzene rings is 3. The summed E-state index contributed by atoms with van der Waals surface area (Å²) >= 11 is 0. The quantitative estimate of drug-likeness (QED) is 0.295. The van der Waals surface area contributed by atoms with Gasteiger partial charge >= 0.3 is 6.03 Å². The van der Waals surface area contributed by atoms with Crippen LogP contribution in [0, 0.1) is 6.92 Å². The van der Waals surface area contributed by atoms with Gasteiger partial charge in [0.25, 0.3) is 5.91 Å². The van der Waals surface area contributed by atoms with Crippen molar-refractivity contribution in [2.45, 2.75) is 20.0 Å². The maximum atomic E-state index is 13.2. The summed E-state index contributed by atoms with van der Waals surface area (Å²) in [6.07, 6.45) is 1.56. The minimum absolute atomic E-state index is 0.0705. The molecule has 1 fully saturated rings. The predicted octanol–water partition coefficient (Wildman–Crippen LogP) is 5.54. The number of H-pyrrole nitrogens is 1. The fourth-order valence-electron chi connectivity index (χ4n) is 5.99. The van der Waals surface area contributed by atoms with E-state index >= 15 is 0 Å². The van der Waals surface area contributed by atoms with Crippen molar-refractivity contribution in [1.29, 1.82) is 0 Å². The van der Waals surface area contributed by atoms with Crippen LogP contribution in [0.1, 0.15) is 27.0 Å². The topological polar surface area (TPSA) is 97.5 Å². The third-order valence-electron chi connectivity index (χ3n) is 8.62. The van der Waals surface area contributed by atoms with Crippen LogP contribution in [0.2, 0.25) is 0 Å². The predicted molar refractivity (Wildman–Crippen MR) is 168 cm³/mol. The lowest BCUT2D eigenvalue weighted by Gasteiger charge is -2.32. The minimum atomic E-state index is -0.122. The number of likely N-dealkylation sites (N-methyl/N-ethyl adjacent to an activating group) is 1. The second kappa shape index (κ2) is 11.0. The standard InChI is InChI=1S/C34H33N7O2/c1-22-27(8-5-9-29(22)38-34(43)41-19-25-6-3-4-7-26(25)20-41)31-28-18-30(37-32(28)36-21-35-31)23-10-12-24(13-11-23)33(42)40-16-14-39(2)15-17-40/h3-13,18,21H,14-17,19-20H2,1-2H3,(H,38,43)(H,35,36,37). The molecule has 9 heteroatoms. The maximum Gasteiger partial charge on any atom is 0.322 e. The van der Waals surface area contributed by atoms with Gasteiger partial charge in [0, 0.05) is 67.2 Å². The molecule has 0 radical (unpaired) electrons. The van der Waals surface area contributed by atoms with Gasteiger partial charge in [0.1, 0.15) is 12.0 Å². The van der Waals surface area contributed by atoms with E-state index in [1.165, 1.54) is 11.1 Å². The first-order valence-corrected chi connectivity index (χ1v) is 14.6. The highest BCUT2D eigenvalue weighted by Gasteiger charge is 2.24. The van der Waals surface area contributed by atoms with Gasteiger partial charge in [-0.15, -0.1) is 0 Å². The van der Waals surface area contributed by atoms with Crippen LogP contribution in [0.25, 0.3) is 33.5 Å². The summed E-state index contributed by atoms with van der Waals surface area (Å²) in [7, 11) is 2.08. The molecule has 216 valence electrons. The monoisotopic (exact) mass is 571 g/mol. The minimum Gasteiger partial charge on any atom is -0.339 e. The molecule has 7 rings (SSSR count). The van der Waals surface area contributed by atoms with E-state index in [1.54, 1.807) is 6.33 Å². The van der Waals surface area contributed by atoms with Crippen LogP contribution in [0.3, 0.4) is 0 Å². The van der Waals surface area contributed by atoms with Crippen molar-refractivity contribution in [1.82, 2.24) is 29.7 Å². The van der Waals surface area contributed by atoms with Crippen LogP contribution in [-0.2, 0) is 13.1 Å². The fraction of sp³-hybridized carbons (Fsp3) is 0.235. The second-order valence-electron chi connectivity index (χ2n) is 11.4. The van der Waals surface area contributed by atoms with Gasteiger partial charge in [-0.2, -0.15) is 0 Å². The molecule has 2 aromatic heterocycles. The van der Waals surface area contributed by atoms with Crippen molar-refractivity contribution in [3.05, 3.63) is 101 Å². The highest BCUT2D eigenvalue weighted by Crippen LogP contribution is 2.34. The Hall–Kier alpha value is -5.02. The third kappa shape index (κ3) is 5.12. The van der Waals surface area contributed by atoms with Crippen molar-refractivity contribution in [2.24, 2.45) is 0 Å². The molecular formula is C34H33N7O2. The number of carbonyl (C=O) groups excluding carboxylic acids is 2. The van der Waals surface area contributed by atoms with Crippen molar-refractivity contribution < 1.29 is 9.59 Å². The van der Waals surface area contributed by atoms with Crippen LogP contribution in [0.5, 0.6) is 0 Å². The summed E-state index contributed by atoms with van der Waals surface area (Å²) in [5.74, 6) is 0.0705. The van der Waals surface area contributed by atoms with Gasteiger partial charge in [0.05, 0.1) is 5.69 Å². The van der Waals surface area contributed by atoms with Gasteiger partial charge in [-0.25, -0.2) is 14.8 Å². The number of hydrogen-bond acceptors (Lipinski definition) is 5. The normalized spacial score (nSPS) is 15.1. The molecule has 0 aliphatic carbocycles. The van der Waals surface area contributed by atoms with E-state index in [1.807, 2.05) is 77.4 Å². The highest BCUT2D eigenvalue weighted by molar-refractivity contribution is 5.98. The van der Waals surface area contributed by atoms with Gasteiger partial charge in [-0.05, 0) is 60.5 Å². The van der Waals surface area contributed by atoms with Gasteiger partial charge in [0.2, 0.25) is 0 Å². The van der Waals surface area contributed by atoms with E-state index in [9.17, 15) is 9.59 Å². The second-order valence-corrected chi connectivity index (χ2v) is 11.4. The number of nitrogens with zero attached hydrogens (tertiary/aromatic N) is 5. The van der Waals surface area contributed by atoms with Crippen molar-refractivity contribution >= 4 is 28.7 Å². The summed E-state index contributed by atoms with van der Waals surface area (Å²) < 4.78 is 0. The number of amides is 3. The smallest absolute Gasteiger partial charge is 0.322 e. The molecule has 4 heterocycles. The molecule has 1 saturated heterocycles. The molecule has 2 N–H and O–H groups in total. The number of anilines is 1. The van der Waals surface area contributed by atoms with E-state index in [-0.39, 0.29) is 11.9 Å². The molecule has 2 aliphatic heterocycles. The van der Waals surface area contributed by atoms with Crippen LogP contribution in [0.4, 0.5) is 10.5 Å². The molecule has 2 aliphatic rings. The SMILES string of the molecule is Cc1c(NC(=O)N2Cc3ccccc3C2)cccc1-c1ncnc2[nH]c(-c3ccc(C(=O)N4CCN(C)CC4)cc3)cc12.